The van der Waals surface area contributed by atoms with Crippen LogP contribution >= 0.6 is 15.9 Å². The van der Waals surface area contributed by atoms with E-state index in [1.807, 2.05) is 19.9 Å². The van der Waals surface area contributed by atoms with Gasteiger partial charge < -0.3 is 24.7 Å². The zero-order valence-electron chi connectivity index (χ0n) is 20.0. The van der Waals surface area contributed by atoms with Crippen molar-refractivity contribution in [2.24, 2.45) is 11.8 Å². The minimum absolute atomic E-state index is 0.115. The van der Waals surface area contributed by atoms with Crippen LogP contribution < -0.4 is 0 Å². The Bertz CT molecular complexity index is 989. The van der Waals surface area contributed by atoms with Crippen LogP contribution in [-0.4, -0.2) is 79.6 Å². The van der Waals surface area contributed by atoms with Crippen LogP contribution in [0.25, 0.3) is 0 Å². The molecule has 0 saturated carbocycles. The lowest BCUT2D eigenvalue weighted by Gasteiger charge is -2.41. The van der Waals surface area contributed by atoms with Crippen molar-refractivity contribution in [2.75, 3.05) is 13.2 Å². The summed E-state index contributed by atoms with van der Waals surface area (Å²) in [6.07, 6.45) is 2.92. The molecule has 9 heteroatoms. The second kappa shape index (κ2) is 10.0. The number of halogens is 1. The summed E-state index contributed by atoms with van der Waals surface area (Å²) in [6.45, 7) is 7.69. The molecule has 3 fully saturated rings. The average molecular weight is 549 g/mol. The number of aliphatic carboxylic acids is 1. The molecule has 3 aliphatic heterocycles. The molecule has 2 unspecified atom stereocenters. The molecule has 8 atom stereocenters. The van der Waals surface area contributed by atoms with E-state index in [1.165, 1.54) is 4.90 Å². The number of rotatable bonds is 10. The van der Waals surface area contributed by atoms with Crippen LogP contribution in [0.1, 0.15) is 44.7 Å². The molecule has 3 saturated heterocycles. The number of carboxylic acids is 1. The second-order valence-electron chi connectivity index (χ2n) is 9.77. The number of fused-ring (bicyclic) bond motifs is 1. The van der Waals surface area contributed by atoms with Crippen LogP contribution in [0.4, 0.5) is 0 Å². The summed E-state index contributed by atoms with van der Waals surface area (Å²) in [5.74, 6) is -3.95. The number of carbonyl (C=O) groups excluding carboxylic acids is 2. The number of aliphatic hydroxyl groups excluding tert-OH is 1. The van der Waals surface area contributed by atoms with Gasteiger partial charge in [-0.25, -0.2) is 0 Å². The first-order valence-corrected chi connectivity index (χ1v) is 13.1. The summed E-state index contributed by atoms with van der Waals surface area (Å²) in [5.41, 5.74) is -0.616. The van der Waals surface area contributed by atoms with Crippen molar-refractivity contribution < 1.29 is 29.3 Å². The van der Waals surface area contributed by atoms with Crippen LogP contribution in [-0.2, 0) is 19.1 Å². The fourth-order valence-corrected chi connectivity index (χ4v) is 7.29. The third-order valence-electron chi connectivity index (χ3n) is 7.79. The van der Waals surface area contributed by atoms with E-state index >= 15 is 0 Å². The van der Waals surface area contributed by atoms with Gasteiger partial charge in [-0.3, -0.25) is 14.4 Å². The quantitative estimate of drug-likeness (QED) is 0.344. The first-order chi connectivity index (χ1) is 16.7. The molecule has 35 heavy (non-hydrogen) atoms. The highest BCUT2D eigenvalue weighted by Gasteiger charge is 2.77. The van der Waals surface area contributed by atoms with Gasteiger partial charge in [-0.1, -0.05) is 65.7 Å². The number of hydrogen-bond acceptors (Lipinski definition) is 5. The van der Waals surface area contributed by atoms with Crippen LogP contribution in [0.3, 0.4) is 0 Å². The summed E-state index contributed by atoms with van der Waals surface area (Å²) >= 11 is 3.56. The Morgan fingerprint density at radius 3 is 2.63 bits per heavy atom. The molecule has 4 rings (SSSR count). The number of likely N-dealkylation sites (tertiary alicyclic amines) is 1. The van der Waals surface area contributed by atoms with Gasteiger partial charge in [0.25, 0.3) is 0 Å². The molecule has 8 nitrogen and oxygen atoms in total. The van der Waals surface area contributed by atoms with Gasteiger partial charge in [0.05, 0.1) is 30.6 Å². The molecular formula is C26H33BrN2O6. The van der Waals surface area contributed by atoms with E-state index in [0.29, 0.717) is 12.0 Å². The van der Waals surface area contributed by atoms with Crippen molar-refractivity contribution in [1.82, 2.24) is 9.80 Å². The number of benzene rings is 1. The standard InChI is InChI=1S/C26H33BrN2O6/c1-4-9-15(3)28(12-5-2)24(32)22-26-13-17(27)21(35-26)19(25(33)34)20(26)23(31)29(22)18(14-30)16-10-7-6-8-11-16/h5-8,10-11,15,17-22,30H,2,4,9,12-14H2,1,3H3,(H,33,34)/t15?,17?,18-,19-,20+,21-,22-,26+/m1/s1. The minimum atomic E-state index is -1.29. The largest absolute Gasteiger partial charge is 0.481 e. The first kappa shape index (κ1) is 25.9. The van der Waals surface area contributed by atoms with Crippen molar-refractivity contribution in [1.29, 1.82) is 0 Å². The van der Waals surface area contributed by atoms with Gasteiger partial charge in [0.15, 0.2) is 0 Å². The Morgan fingerprint density at radius 1 is 1.37 bits per heavy atom. The van der Waals surface area contributed by atoms with Gasteiger partial charge in [0.2, 0.25) is 11.8 Å². The number of aliphatic hydroxyl groups is 1. The highest BCUT2D eigenvalue weighted by Crippen LogP contribution is 2.61. The van der Waals surface area contributed by atoms with E-state index in [4.69, 9.17) is 4.74 Å². The van der Waals surface area contributed by atoms with Crippen molar-refractivity contribution >= 4 is 33.7 Å². The normalized spacial score (nSPS) is 32.9. The summed E-state index contributed by atoms with van der Waals surface area (Å²) in [7, 11) is 0. The van der Waals surface area contributed by atoms with Gasteiger partial charge >= 0.3 is 5.97 Å². The lowest BCUT2D eigenvalue weighted by Crippen LogP contribution is -2.58. The Kier molecular flexibility index (Phi) is 7.41. The van der Waals surface area contributed by atoms with E-state index < -0.39 is 54.1 Å². The van der Waals surface area contributed by atoms with Crippen molar-refractivity contribution in [3.63, 3.8) is 0 Å². The second-order valence-corrected chi connectivity index (χ2v) is 10.9. The van der Waals surface area contributed by atoms with Gasteiger partial charge in [-0.15, -0.1) is 6.58 Å². The maximum Gasteiger partial charge on any atom is 0.310 e. The smallest absolute Gasteiger partial charge is 0.310 e. The Morgan fingerprint density at radius 2 is 2.06 bits per heavy atom. The van der Waals surface area contributed by atoms with E-state index in [-0.39, 0.29) is 23.3 Å². The van der Waals surface area contributed by atoms with E-state index in [2.05, 4.69) is 22.5 Å². The number of nitrogens with zero attached hydrogens (tertiary/aromatic N) is 2. The molecule has 2 N–H and O–H groups in total. The van der Waals surface area contributed by atoms with Crippen molar-refractivity contribution in [3.8, 4) is 0 Å². The van der Waals surface area contributed by atoms with Crippen LogP contribution in [0.5, 0.6) is 0 Å². The summed E-state index contributed by atoms with van der Waals surface area (Å²) in [6, 6.07) is 7.04. The lowest BCUT2D eigenvalue weighted by atomic mass is 9.70. The molecule has 3 aliphatic rings. The van der Waals surface area contributed by atoms with Crippen molar-refractivity contribution in [3.05, 3.63) is 48.6 Å². The zero-order valence-corrected chi connectivity index (χ0v) is 21.6. The SMILES string of the molecule is C=CCN(C(=O)[C@H]1N([C@H](CO)c2ccccc2)C(=O)[C@@H]2[C@@H](C(=O)O)[C@@H]3O[C@@]21CC3Br)C(C)CCC. The molecule has 1 spiro atoms. The predicted molar refractivity (Wildman–Crippen MR) is 133 cm³/mol. The number of hydrogen-bond donors (Lipinski definition) is 2. The third kappa shape index (κ3) is 4.01. The molecular weight excluding hydrogens is 516 g/mol. The van der Waals surface area contributed by atoms with Gasteiger partial charge in [-0.2, -0.15) is 0 Å². The Labute approximate surface area is 214 Å². The molecule has 2 bridgehead atoms. The number of ether oxygens (including phenoxy) is 1. The Balaban J connectivity index is 1.86. The highest BCUT2D eigenvalue weighted by molar-refractivity contribution is 9.09. The highest BCUT2D eigenvalue weighted by atomic mass is 79.9. The molecule has 1 aromatic carbocycles. The fourth-order valence-electron chi connectivity index (χ4n) is 6.35. The van der Waals surface area contributed by atoms with Gasteiger partial charge in [0, 0.05) is 17.4 Å². The molecule has 2 amide bonds. The molecule has 3 heterocycles. The van der Waals surface area contributed by atoms with Crippen LogP contribution in [0.2, 0.25) is 0 Å². The maximum absolute atomic E-state index is 14.3. The number of carboxylic acid groups (broad SMARTS) is 1. The predicted octanol–water partition coefficient (Wildman–Crippen LogP) is 2.76. The molecule has 0 radical (unpaired) electrons. The minimum Gasteiger partial charge on any atom is -0.481 e. The third-order valence-corrected chi connectivity index (χ3v) is 8.63. The topological polar surface area (TPSA) is 107 Å². The van der Waals surface area contributed by atoms with Crippen LogP contribution in [0.15, 0.2) is 43.0 Å². The number of amides is 2. The summed E-state index contributed by atoms with van der Waals surface area (Å²) < 4.78 is 6.36. The average Bonchev–Trinajstić information content (AvgIpc) is 3.42. The van der Waals surface area contributed by atoms with Gasteiger partial charge in [0.1, 0.15) is 11.6 Å². The molecule has 1 aromatic rings. The number of carbonyl (C=O) groups is 3. The van der Waals surface area contributed by atoms with Crippen molar-refractivity contribution in [2.45, 2.75) is 67.8 Å². The monoisotopic (exact) mass is 548 g/mol. The van der Waals surface area contributed by atoms with E-state index in [0.717, 1.165) is 12.8 Å². The molecule has 0 aliphatic carbocycles. The lowest BCUT2D eigenvalue weighted by molar-refractivity contribution is -0.154. The van der Waals surface area contributed by atoms with E-state index in [9.17, 15) is 24.6 Å². The first-order valence-electron chi connectivity index (χ1n) is 12.2. The number of alkyl halides is 1. The summed E-state index contributed by atoms with van der Waals surface area (Å²) in [4.78, 5) is 43.5. The maximum atomic E-state index is 14.3. The summed E-state index contributed by atoms with van der Waals surface area (Å²) in [5, 5.41) is 20.5. The molecule has 0 aromatic heterocycles. The molecule has 190 valence electrons. The van der Waals surface area contributed by atoms with Crippen LogP contribution in [0, 0.1) is 11.8 Å². The Hall–Kier alpha value is -2.23. The van der Waals surface area contributed by atoms with Gasteiger partial charge in [-0.05, 0) is 25.3 Å². The zero-order chi connectivity index (χ0) is 25.5. The van der Waals surface area contributed by atoms with E-state index in [1.54, 1.807) is 35.2 Å². The fraction of sp³-hybridized carbons (Fsp3) is 0.577.